The van der Waals surface area contributed by atoms with E-state index in [1.54, 1.807) is 0 Å². The molecule has 0 unspecified atom stereocenters. The number of nitrogens with zero attached hydrogens (tertiary/aromatic N) is 1. The van der Waals surface area contributed by atoms with Gasteiger partial charge in [0, 0.05) is 15.5 Å². The molecule has 0 atom stereocenters. The number of fused-ring (bicyclic) bond motifs is 4. The summed E-state index contributed by atoms with van der Waals surface area (Å²) in [7, 11) is 0. The van der Waals surface area contributed by atoms with Crippen molar-refractivity contribution < 1.29 is 9.53 Å². The summed E-state index contributed by atoms with van der Waals surface area (Å²) in [5, 5.41) is 0. The second kappa shape index (κ2) is 5.75. The summed E-state index contributed by atoms with van der Waals surface area (Å²) in [6.07, 6.45) is 6.33. The summed E-state index contributed by atoms with van der Waals surface area (Å²) >= 11 is 3.64. The van der Waals surface area contributed by atoms with Gasteiger partial charge in [0.1, 0.15) is 0 Å². The van der Waals surface area contributed by atoms with E-state index in [0.717, 1.165) is 47.2 Å². The van der Waals surface area contributed by atoms with Crippen LogP contribution in [0.1, 0.15) is 36.0 Å². The third-order valence-electron chi connectivity index (χ3n) is 5.82. The van der Waals surface area contributed by atoms with Gasteiger partial charge in [-0.3, -0.25) is 0 Å². The summed E-state index contributed by atoms with van der Waals surface area (Å²) in [4.78, 5) is 15.2. The molecule has 2 bridgehead atoms. The molecule has 1 aromatic carbocycles. The standard InChI is InChI=1S/C19H22BrNO2/c1-13-2-3-14-4-5-15(16(14)17(13)20)18(22)23-12-19-6-9-21(10-7-19)11-8-19/h2-3,5H,4,6-12H2,1H3. The third kappa shape index (κ3) is 2.66. The van der Waals surface area contributed by atoms with Crippen molar-refractivity contribution >= 4 is 27.5 Å². The van der Waals surface area contributed by atoms with E-state index in [9.17, 15) is 4.79 Å². The van der Waals surface area contributed by atoms with Gasteiger partial charge in [0.05, 0.1) is 12.2 Å². The van der Waals surface area contributed by atoms with Gasteiger partial charge >= 0.3 is 5.97 Å². The Balaban J connectivity index is 1.48. The van der Waals surface area contributed by atoms with E-state index in [1.807, 2.05) is 6.08 Å². The van der Waals surface area contributed by atoms with Gasteiger partial charge in [-0.1, -0.05) is 18.2 Å². The maximum atomic E-state index is 12.7. The van der Waals surface area contributed by atoms with Crippen LogP contribution in [0.4, 0.5) is 0 Å². The van der Waals surface area contributed by atoms with Gasteiger partial charge in [-0.25, -0.2) is 4.79 Å². The highest BCUT2D eigenvalue weighted by Gasteiger charge is 2.40. The number of aryl methyl sites for hydroxylation is 1. The Morgan fingerprint density at radius 3 is 2.65 bits per heavy atom. The minimum Gasteiger partial charge on any atom is -0.461 e. The van der Waals surface area contributed by atoms with Crippen LogP contribution < -0.4 is 0 Å². The van der Waals surface area contributed by atoms with Gasteiger partial charge in [0.25, 0.3) is 0 Å². The molecule has 3 nitrogen and oxygen atoms in total. The van der Waals surface area contributed by atoms with E-state index in [1.165, 1.54) is 24.8 Å². The summed E-state index contributed by atoms with van der Waals surface area (Å²) in [5.74, 6) is -0.155. The highest BCUT2D eigenvalue weighted by Crippen LogP contribution is 2.41. The highest BCUT2D eigenvalue weighted by molar-refractivity contribution is 9.10. The second-order valence-electron chi connectivity index (χ2n) is 7.22. The van der Waals surface area contributed by atoms with Crippen molar-refractivity contribution in [1.82, 2.24) is 4.90 Å². The number of halogens is 1. The third-order valence-corrected chi connectivity index (χ3v) is 6.84. The number of hydrogen-bond acceptors (Lipinski definition) is 3. The van der Waals surface area contributed by atoms with Crippen LogP contribution in [0.25, 0.3) is 5.57 Å². The Bertz CT molecular complexity index is 673. The molecule has 3 aliphatic heterocycles. The van der Waals surface area contributed by atoms with Crippen LogP contribution in [0.5, 0.6) is 0 Å². The maximum absolute atomic E-state index is 12.7. The monoisotopic (exact) mass is 375 g/mol. The first-order valence-corrected chi connectivity index (χ1v) is 9.25. The molecular formula is C19H22BrNO2. The Morgan fingerprint density at radius 1 is 1.26 bits per heavy atom. The minimum absolute atomic E-state index is 0.155. The number of esters is 1. The number of ether oxygens (including phenoxy) is 1. The lowest BCUT2D eigenvalue weighted by Gasteiger charge is -2.47. The lowest BCUT2D eigenvalue weighted by molar-refractivity contribution is -0.143. The molecule has 1 aliphatic carbocycles. The SMILES string of the molecule is Cc1ccc2c(c1Br)C(C(=O)OCC13CCN(CC1)CC3)=CC2. The number of benzene rings is 1. The molecule has 23 heavy (non-hydrogen) atoms. The summed E-state index contributed by atoms with van der Waals surface area (Å²) < 4.78 is 6.82. The van der Waals surface area contributed by atoms with Crippen LogP contribution in [-0.2, 0) is 16.0 Å². The van der Waals surface area contributed by atoms with Crippen molar-refractivity contribution in [2.45, 2.75) is 32.6 Å². The number of carbonyl (C=O) groups excluding carboxylic acids is 1. The summed E-state index contributed by atoms with van der Waals surface area (Å²) in [6.45, 7) is 6.12. The van der Waals surface area contributed by atoms with E-state index < -0.39 is 0 Å². The number of hydrogen-bond donors (Lipinski definition) is 0. The van der Waals surface area contributed by atoms with Crippen LogP contribution >= 0.6 is 15.9 Å². The maximum Gasteiger partial charge on any atom is 0.338 e. The first-order valence-electron chi connectivity index (χ1n) is 8.46. The fraction of sp³-hybridized carbons (Fsp3) is 0.526. The second-order valence-corrected chi connectivity index (χ2v) is 8.01. The fourth-order valence-corrected chi connectivity index (χ4v) is 4.69. The molecule has 0 saturated carbocycles. The largest absolute Gasteiger partial charge is 0.461 e. The zero-order chi connectivity index (χ0) is 16.0. The minimum atomic E-state index is -0.155. The van der Waals surface area contributed by atoms with Gasteiger partial charge < -0.3 is 9.64 Å². The predicted octanol–water partition coefficient (Wildman–Crippen LogP) is 3.73. The summed E-state index contributed by atoms with van der Waals surface area (Å²) in [6, 6.07) is 4.21. The average Bonchev–Trinajstić information content (AvgIpc) is 3.03. The molecule has 0 amide bonds. The van der Waals surface area contributed by atoms with Crippen LogP contribution in [0.15, 0.2) is 22.7 Å². The topological polar surface area (TPSA) is 29.5 Å². The predicted molar refractivity (Wildman–Crippen MR) is 94.2 cm³/mol. The van der Waals surface area contributed by atoms with E-state index in [-0.39, 0.29) is 11.4 Å². The molecule has 0 spiro atoms. The van der Waals surface area contributed by atoms with Gasteiger partial charge in [-0.2, -0.15) is 0 Å². The number of carbonyl (C=O) groups is 1. The van der Waals surface area contributed by atoms with Crippen LogP contribution in [0.3, 0.4) is 0 Å². The van der Waals surface area contributed by atoms with Crippen molar-refractivity contribution in [3.8, 4) is 0 Å². The van der Waals surface area contributed by atoms with Crippen molar-refractivity contribution in [3.05, 3.63) is 39.4 Å². The van der Waals surface area contributed by atoms with Crippen molar-refractivity contribution in [1.29, 1.82) is 0 Å². The Labute approximate surface area is 145 Å². The molecule has 5 rings (SSSR count). The smallest absolute Gasteiger partial charge is 0.338 e. The molecule has 122 valence electrons. The fourth-order valence-electron chi connectivity index (χ4n) is 4.09. The van der Waals surface area contributed by atoms with Crippen molar-refractivity contribution in [3.63, 3.8) is 0 Å². The molecule has 0 aromatic heterocycles. The molecule has 3 saturated heterocycles. The number of piperidine rings is 3. The molecule has 4 aliphatic rings. The molecule has 0 N–H and O–H groups in total. The summed E-state index contributed by atoms with van der Waals surface area (Å²) in [5.41, 5.74) is 4.36. The number of rotatable bonds is 3. The lowest BCUT2D eigenvalue weighted by atomic mass is 9.73. The number of allylic oxidation sites excluding steroid dienone is 1. The van der Waals surface area contributed by atoms with Crippen molar-refractivity contribution in [2.75, 3.05) is 26.2 Å². The average molecular weight is 376 g/mol. The van der Waals surface area contributed by atoms with Crippen LogP contribution in [0.2, 0.25) is 0 Å². The molecule has 1 aromatic rings. The first-order chi connectivity index (χ1) is 11.1. The van der Waals surface area contributed by atoms with E-state index >= 15 is 0 Å². The normalized spacial score (nSPS) is 28.4. The lowest BCUT2D eigenvalue weighted by Crippen LogP contribution is -2.50. The Kier molecular flexibility index (Phi) is 3.85. The molecule has 3 fully saturated rings. The Hall–Kier alpha value is -1.13. The van der Waals surface area contributed by atoms with E-state index in [4.69, 9.17) is 4.74 Å². The molecule has 0 radical (unpaired) electrons. The first kappa shape index (κ1) is 15.4. The molecule has 4 heteroatoms. The van der Waals surface area contributed by atoms with E-state index in [2.05, 4.69) is 39.9 Å². The van der Waals surface area contributed by atoms with Crippen LogP contribution in [0, 0.1) is 12.3 Å². The van der Waals surface area contributed by atoms with Gasteiger partial charge in [-0.05, 0) is 79.3 Å². The van der Waals surface area contributed by atoms with Gasteiger partial charge in [0.2, 0.25) is 0 Å². The Morgan fingerprint density at radius 2 is 1.96 bits per heavy atom. The quantitative estimate of drug-likeness (QED) is 0.753. The van der Waals surface area contributed by atoms with Crippen molar-refractivity contribution in [2.24, 2.45) is 5.41 Å². The van der Waals surface area contributed by atoms with Gasteiger partial charge in [0.15, 0.2) is 0 Å². The zero-order valence-corrected chi connectivity index (χ0v) is 15.1. The highest BCUT2D eigenvalue weighted by atomic mass is 79.9. The zero-order valence-electron chi connectivity index (χ0n) is 13.5. The molecular weight excluding hydrogens is 354 g/mol. The van der Waals surface area contributed by atoms with Gasteiger partial charge in [-0.15, -0.1) is 0 Å². The van der Waals surface area contributed by atoms with Crippen LogP contribution in [-0.4, -0.2) is 37.1 Å². The van der Waals surface area contributed by atoms with E-state index in [0.29, 0.717) is 6.61 Å². The molecule has 3 heterocycles.